The third-order valence-corrected chi connectivity index (χ3v) is 4.02. The highest BCUT2D eigenvalue weighted by atomic mass is 79.9. The highest BCUT2D eigenvalue weighted by Crippen LogP contribution is 2.16. The van der Waals surface area contributed by atoms with Gasteiger partial charge in [0.05, 0.1) is 11.9 Å². The molecule has 0 radical (unpaired) electrons. The Kier molecular flexibility index (Phi) is 4.77. The third kappa shape index (κ3) is 3.11. The van der Waals surface area contributed by atoms with Crippen molar-refractivity contribution in [2.75, 3.05) is 18.4 Å². The molecule has 0 aliphatic carbocycles. The lowest BCUT2D eigenvalue weighted by Crippen LogP contribution is -2.26. The zero-order valence-corrected chi connectivity index (χ0v) is 12.2. The number of rotatable bonds is 5. The van der Waals surface area contributed by atoms with Gasteiger partial charge in [0.2, 0.25) is 0 Å². The van der Waals surface area contributed by atoms with Crippen LogP contribution in [0.25, 0.3) is 0 Å². The number of nitrogens with one attached hydrogen (secondary N) is 2. The van der Waals surface area contributed by atoms with Crippen molar-refractivity contribution in [1.82, 2.24) is 15.1 Å². The van der Waals surface area contributed by atoms with Gasteiger partial charge in [0.25, 0.3) is 5.56 Å². The molecule has 1 aromatic heterocycles. The average molecular weight is 315 g/mol. The van der Waals surface area contributed by atoms with Gasteiger partial charge in [0, 0.05) is 19.1 Å². The molecule has 0 unspecified atom stereocenters. The summed E-state index contributed by atoms with van der Waals surface area (Å²) in [6, 6.07) is 0.611. The molecule has 1 aliphatic rings. The minimum absolute atomic E-state index is 0.0820. The molecule has 6 heteroatoms. The summed E-state index contributed by atoms with van der Waals surface area (Å²) < 4.78 is 2.01. The number of aryl methyl sites for hydroxylation is 1. The Labute approximate surface area is 115 Å². The molecule has 2 rings (SSSR count). The molecule has 0 bridgehead atoms. The van der Waals surface area contributed by atoms with Gasteiger partial charge in [-0.25, -0.2) is 4.68 Å². The summed E-state index contributed by atoms with van der Waals surface area (Å²) in [5.74, 6) is 0. The molecule has 2 heterocycles. The van der Waals surface area contributed by atoms with Gasteiger partial charge < -0.3 is 10.6 Å². The number of hydrogen-bond acceptors (Lipinski definition) is 4. The fourth-order valence-electron chi connectivity index (χ4n) is 2.20. The molecular weight excluding hydrogens is 296 g/mol. The first-order valence-electron chi connectivity index (χ1n) is 6.45. The molecule has 0 amide bonds. The predicted octanol–water partition coefficient (Wildman–Crippen LogP) is 1.58. The highest BCUT2D eigenvalue weighted by molar-refractivity contribution is 9.10. The summed E-state index contributed by atoms with van der Waals surface area (Å²) in [7, 11) is 0. The first-order valence-corrected chi connectivity index (χ1v) is 7.24. The van der Waals surface area contributed by atoms with Gasteiger partial charge in [-0.1, -0.05) is 0 Å². The Hall–Kier alpha value is -0.880. The van der Waals surface area contributed by atoms with E-state index in [0.29, 0.717) is 17.1 Å². The van der Waals surface area contributed by atoms with E-state index in [-0.39, 0.29) is 5.56 Å². The van der Waals surface area contributed by atoms with Crippen molar-refractivity contribution in [3.05, 3.63) is 21.0 Å². The fourth-order valence-corrected chi connectivity index (χ4v) is 2.64. The first kappa shape index (κ1) is 13.5. The van der Waals surface area contributed by atoms with Crippen LogP contribution in [-0.4, -0.2) is 28.9 Å². The predicted molar refractivity (Wildman–Crippen MR) is 76.0 cm³/mol. The SMILES string of the molecule is CCn1ncc(NCC[C@H]2CCCN2)c(Br)c1=O. The topological polar surface area (TPSA) is 59.0 Å². The maximum Gasteiger partial charge on any atom is 0.283 e. The molecule has 2 N–H and O–H groups in total. The summed E-state index contributed by atoms with van der Waals surface area (Å²) in [6.45, 7) is 4.47. The molecule has 1 atom stereocenters. The minimum Gasteiger partial charge on any atom is -0.383 e. The van der Waals surface area contributed by atoms with Crippen LogP contribution >= 0.6 is 15.9 Å². The van der Waals surface area contributed by atoms with Crippen LogP contribution in [0.4, 0.5) is 5.69 Å². The number of nitrogens with zero attached hydrogens (tertiary/aromatic N) is 2. The van der Waals surface area contributed by atoms with Crippen molar-refractivity contribution in [2.45, 2.75) is 38.8 Å². The second-order valence-corrected chi connectivity index (χ2v) is 5.29. The van der Waals surface area contributed by atoms with Crippen molar-refractivity contribution in [3.63, 3.8) is 0 Å². The largest absolute Gasteiger partial charge is 0.383 e. The fraction of sp³-hybridized carbons (Fsp3) is 0.667. The normalized spacial score (nSPS) is 19.1. The van der Waals surface area contributed by atoms with Gasteiger partial charge in [-0.15, -0.1) is 0 Å². The van der Waals surface area contributed by atoms with Crippen LogP contribution in [0.2, 0.25) is 0 Å². The molecule has 100 valence electrons. The van der Waals surface area contributed by atoms with Gasteiger partial charge in [-0.2, -0.15) is 5.10 Å². The number of halogens is 1. The summed E-state index contributed by atoms with van der Waals surface area (Å²) in [4.78, 5) is 11.8. The van der Waals surface area contributed by atoms with E-state index in [1.165, 1.54) is 17.5 Å². The minimum atomic E-state index is -0.0820. The lowest BCUT2D eigenvalue weighted by Gasteiger charge is -2.12. The van der Waals surface area contributed by atoms with E-state index in [1.54, 1.807) is 6.20 Å². The second-order valence-electron chi connectivity index (χ2n) is 4.50. The van der Waals surface area contributed by atoms with Crippen LogP contribution in [0, 0.1) is 0 Å². The molecular formula is C12H19BrN4O. The molecule has 0 aromatic carbocycles. The summed E-state index contributed by atoms with van der Waals surface area (Å²) in [6.07, 6.45) is 5.29. The Morgan fingerprint density at radius 1 is 1.67 bits per heavy atom. The summed E-state index contributed by atoms with van der Waals surface area (Å²) in [5, 5.41) is 10.8. The molecule has 0 spiro atoms. The van der Waals surface area contributed by atoms with Gasteiger partial charge in [-0.3, -0.25) is 4.79 Å². The van der Waals surface area contributed by atoms with Crippen LogP contribution in [0.5, 0.6) is 0 Å². The van der Waals surface area contributed by atoms with Gasteiger partial charge in [0.15, 0.2) is 0 Å². The average Bonchev–Trinajstić information content (AvgIpc) is 2.88. The van der Waals surface area contributed by atoms with E-state index in [9.17, 15) is 4.79 Å². The van der Waals surface area contributed by atoms with Crippen LogP contribution in [-0.2, 0) is 6.54 Å². The van der Waals surface area contributed by atoms with Crippen molar-refractivity contribution in [2.24, 2.45) is 0 Å². The molecule has 1 saturated heterocycles. The van der Waals surface area contributed by atoms with E-state index in [2.05, 4.69) is 31.7 Å². The molecule has 1 aromatic rings. The highest BCUT2D eigenvalue weighted by Gasteiger charge is 2.13. The van der Waals surface area contributed by atoms with Crippen LogP contribution in [0.15, 0.2) is 15.5 Å². The Bertz CT molecular complexity index is 454. The van der Waals surface area contributed by atoms with E-state index in [4.69, 9.17) is 0 Å². The number of hydrogen-bond donors (Lipinski definition) is 2. The maximum absolute atomic E-state index is 11.8. The summed E-state index contributed by atoms with van der Waals surface area (Å²) in [5.41, 5.74) is 0.698. The molecule has 1 fully saturated rings. The number of aromatic nitrogens is 2. The number of anilines is 1. The second kappa shape index (κ2) is 6.33. The smallest absolute Gasteiger partial charge is 0.283 e. The van der Waals surface area contributed by atoms with Gasteiger partial charge in [0.1, 0.15) is 4.47 Å². The van der Waals surface area contributed by atoms with Crippen LogP contribution in [0.1, 0.15) is 26.2 Å². The van der Waals surface area contributed by atoms with E-state index in [1.807, 2.05) is 6.92 Å². The molecule has 18 heavy (non-hydrogen) atoms. The lowest BCUT2D eigenvalue weighted by atomic mass is 10.1. The molecule has 1 aliphatic heterocycles. The quantitative estimate of drug-likeness (QED) is 0.866. The monoisotopic (exact) mass is 314 g/mol. The van der Waals surface area contributed by atoms with E-state index in [0.717, 1.165) is 25.2 Å². The van der Waals surface area contributed by atoms with Crippen LogP contribution < -0.4 is 16.2 Å². The zero-order valence-electron chi connectivity index (χ0n) is 10.6. The van der Waals surface area contributed by atoms with Gasteiger partial charge >= 0.3 is 0 Å². The zero-order chi connectivity index (χ0) is 13.0. The van der Waals surface area contributed by atoms with Gasteiger partial charge in [-0.05, 0) is 48.7 Å². The first-order chi connectivity index (χ1) is 8.72. The lowest BCUT2D eigenvalue weighted by molar-refractivity contribution is 0.573. The Morgan fingerprint density at radius 2 is 2.50 bits per heavy atom. The standard InChI is InChI=1S/C12H19BrN4O/c1-2-17-12(18)11(13)10(8-16-17)15-7-5-9-4-3-6-14-9/h8-9,14-15H,2-7H2,1H3/t9-/m1/s1. The van der Waals surface area contributed by atoms with E-state index >= 15 is 0 Å². The van der Waals surface area contributed by atoms with Crippen molar-refractivity contribution < 1.29 is 0 Å². The summed E-state index contributed by atoms with van der Waals surface area (Å²) >= 11 is 3.33. The molecule has 0 saturated carbocycles. The van der Waals surface area contributed by atoms with E-state index < -0.39 is 0 Å². The Balaban J connectivity index is 1.93. The van der Waals surface area contributed by atoms with Crippen LogP contribution in [0.3, 0.4) is 0 Å². The van der Waals surface area contributed by atoms with Crippen molar-refractivity contribution >= 4 is 21.6 Å². The Morgan fingerprint density at radius 3 is 3.17 bits per heavy atom. The van der Waals surface area contributed by atoms with Crippen molar-refractivity contribution in [3.8, 4) is 0 Å². The maximum atomic E-state index is 11.8. The third-order valence-electron chi connectivity index (χ3n) is 3.26. The molecule has 5 nitrogen and oxygen atoms in total. The van der Waals surface area contributed by atoms with Crippen molar-refractivity contribution in [1.29, 1.82) is 0 Å².